The van der Waals surface area contributed by atoms with E-state index in [-0.39, 0.29) is 22.4 Å². The Morgan fingerprint density at radius 1 is 1.14 bits per heavy atom. The summed E-state index contributed by atoms with van der Waals surface area (Å²) in [6.45, 7) is 1.87. The largest absolute Gasteiger partial charge is 0.397 e. The van der Waals surface area contributed by atoms with E-state index >= 15 is 0 Å². The van der Waals surface area contributed by atoms with Crippen LogP contribution in [0.1, 0.15) is 18.4 Å². The number of sulfonamides is 1. The Balaban J connectivity index is 2.16. The van der Waals surface area contributed by atoms with Gasteiger partial charge in [-0.1, -0.05) is 54.9 Å². The molecule has 0 aliphatic heterocycles. The molecule has 3 N–H and O–H groups in total. The van der Waals surface area contributed by atoms with Crippen LogP contribution in [0.2, 0.25) is 5.02 Å². The van der Waals surface area contributed by atoms with Crippen LogP contribution in [0.5, 0.6) is 0 Å². The Morgan fingerprint density at radius 2 is 1.81 bits per heavy atom. The summed E-state index contributed by atoms with van der Waals surface area (Å²) in [4.78, 5) is 0. The topological polar surface area (TPSA) is 72.2 Å². The van der Waals surface area contributed by atoms with Gasteiger partial charge in [-0.3, -0.25) is 4.72 Å². The van der Waals surface area contributed by atoms with Crippen LogP contribution in [0.3, 0.4) is 0 Å². The zero-order chi connectivity index (χ0) is 15.5. The fourth-order valence-electron chi connectivity index (χ4n) is 2.05. The summed E-state index contributed by atoms with van der Waals surface area (Å²) in [6, 6.07) is 14.3. The molecule has 6 heteroatoms. The second-order valence-electron chi connectivity index (χ2n) is 4.90. The molecule has 0 aliphatic rings. The van der Waals surface area contributed by atoms with Crippen molar-refractivity contribution in [3.05, 3.63) is 59.1 Å². The molecule has 0 saturated heterocycles. The lowest BCUT2D eigenvalue weighted by molar-refractivity contribution is 0.596. The minimum Gasteiger partial charge on any atom is -0.397 e. The molecular weight excluding hydrogens is 308 g/mol. The fraction of sp³-hybridized carbons (Fsp3) is 0.200. The van der Waals surface area contributed by atoms with Gasteiger partial charge in [0.2, 0.25) is 10.0 Å². The average Bonchev–Trinajstić information content (AvgIpc) is 2.43. The van der Waals surface area contributed by atoms with Crippen molar-refractivity contribution in [2.45, 2.75) is 12.8 Å². The van der Waals surface area contributed by atoms with Crippen molar-refractivity contribution in [3.63, 3.8) is 0 Å². The number of hydrogen-bond donors (Lipinski definition) is 2. The molecule has 1 atom stereocenters. The number of nitrogens with one attached hydrogen (secondary N) is 1. The molecule has 21 heavy (non-hydrogen) atoms. The lowest BCUT2D eigenvalue weighted by Crippen LogP contribution is -2.21. The van der Waals surface area contributed by atoms with Gasteiger partial charge in [-0.25, -0.2) is 8.42 Å². The van der Waals surface area contributed by atoms with Gasteiger partial charge in [0.25, 0.3) is 0 Å². The molecule has 0 radical (unpaired) electrons. The molecule has 0 heterocycles. The van der Waals surface area contributed by atoms with Crippen LogP contribution >= 0.6 is 11.6 Å². The smallest absolute Gasteiger partial charge is 0.233 e. The summed E-state index contributed by atoms with van der Waals surface area (Å²) in [5, 5.41) is 0.283. The van der Waals surface area contributed by atoms with Crippen LogP contribution in [0, 0.1) is 0 Å². The fourth-order valence-corrected chi connectivity index (χ4v) is 3.81. The maximum atomic E-state index is 12.3. The van der Waals surface area contributed by atoms with Crippen LogP contribution in [0.25, 0.3) is 0 Å². The van der Waals surface area contributed by atoms with Gasteiger partial charge in [-0.15, -0.1) is 0 Å². The Labute approximate surface area is 130 Å². The van der Waals surface area contributed by atoms with Crippen LogP contribution < -0.4 is 10.5 Å². The number of para-hydroxylation sites is 1. The van der Waals surface area contributed by atoms with Crippen molar-refractivity contribution in [1.29, 1.82) is 0 Å². The molecule has 0 spiro atoms. The van der Waals surface area contributed by atoms with Crippen molar-refractivity contribution in [1.82, 2.24) is 0 Å². The summed E-state index contributed by atoms with van der Waals surface area (Å²) in [7, 11) is -3.54. The van der Waals surface area contributed by atoms with E-state index in [1.165, 1.54) is 0 Å². The average molecular weight is 325 g/mol. The molecule has 2 aromatic rings. The first-order valence-electron chi connectivity index (χ1n) is 6.48. The van der Waals surface area contributed by atoms with E-state index in [0.29, 0.717) is 5.69 Å². The minimum absolute atomic E-state index is 0.0400. The first-order chi connectivity index (χ1) is 9.89. The Kier molecular flexibility index (Phi) is 4.75. The quantitative estimate of drug-likeness (QED) is 0.827. The van der Waals surface area contributed by atoms with Gasteiger partial charge in [0.15, 0.2) is 0 Å². The number of nitrogens with two attached hydrogens (primary N) is 1. The van der Waals surface area contributed by atoms with Crippen LogP contribution in [-0.4, -0.2) is 14.2 Å². The van der Waals surface area contributed by atoms with E-state index in [2.05, 4.69) is 4.72 Å². The lowest BCUT2D eigenvalue weighted by atomic mass is 10.0. The van der Waals surface area contributed by atoms with Gasteiger partial charge in [0.05, 0.1) is 22.2 Å². The molecule has 0 bridgehead atoms. The molecule has 0 aliphatic carbocycles. The third-order valence-electron chi connectivity index (χ3n) is 3.14. The summed E-state index contributed by atoms with van der Waals surface area (Å²) in [6.07, 6.45) is 0. The number of nitrogen functional groups attached to an aromatic ring is 1. The maximum Gasteiger partial charge on any atom is 0.233 e. The third-order valence-corrected chi connectivity index (χ3v) is 4.91. The van der Waals surface area contributed by atoms with Gasteiger partial charge < -0.3 is 5.73 Å². The number of rotatable bonds is 5. The van der Waals surface area contributed by atoms with Crippen LogP contribution in [0.15, 0.2) is 48.5 Å². The molecule has 1 unspecified atom stereocenters. The van der Waals surface area contributed by atoms with E-state index in [1.54, 1.807) is 18.2 Å². The molecule has 0 aromatic heterocycles. The first-order valence-corrected chi connectivity index (χ1v) is 8.51. The highest BCUT2D eigenvalue weighted by molar-refractivity contribution is 7.92. The molecule has 0 fully saturated rings. The second kappa shape index (κ2) is 6.37. The van der Waals surface area contributed by atoms with E-state index in [9.17, 15) is 8.42 Å². The highest BCUT2D eigenvalue weighted by atomic mass is 35.5. The standard InChI is InChI=1S/C15H17ClN2O2S/c1-11(12-6-3-2-4-7-12)10-21(19,20)18-15-13(16)8-5-9-14(15)17/h2-9,11,18H,10,17H2,1H3. The molecule has 0 amide bonds. The normalized spacial score (nSPS) is 12.9. The van der Waals surface area contributed by atoms with E-state index in [0.717, 1.165) is 5.56 Å². The molecule has 4 nitrogen and oxygen atoms in total. The zero-order valence-electron chi connectivity index (χ0n) is 11.6. The van der Waals surface area contributed by atoms with E-state index < -0.39 is 10.0 Å². The number of halogens is 1. The van der Waals surface area contributed by atoms with Gasteiger partial charge >= 0.3 is 0 Å². The number of benzene rings is 2. The highest BCUT2D eigenvalue weighted by Crippen LogP contribution is 2.29. The molecule has 2 rings (SSSR count). The lowest BCUT2D eigenvalue weighted by Gasteiger charge is -2.15. The van der Waals surface area contributed by atoms with Crippen molar-refractivity contribution < 1.29 is 8.42 Å². The molecular formula is C15H17ClN2O2S. The van der Waals surface area contributed by atoms with Crippen molar-refractivity contribution >= 4 is 33.0 Å². The summed E-state index contributed by atoms with van der Waals surface area (Å²) in [5.41, 5.74) is 7.27. The first kappa shape index (κ1) is 15.7. The van der Waals surface area contributed by atoms with Gasteiger partial charge in [-0.05, 0) is 23.6 Å². The highest BCUT2D eigenvalue weighted by Gasteiger charge is 2.19. The maximum absolute atomic E-state index is 12.3. The van der Waals surface area contributed by atoms with Crippen molar-refractivity contribution in [3.8, 4) is 0 Å². The monoisotopic (exact) mass is 324 g/mol. The third kappa shape index (κ3) is 4.12. The Morgan fingerprint density at radius 3 is 2.43 bits per heavy atom. The minimum atomic E-state index is -3.54. The van der Waals surface area contributed by atoms with Gasteiger partial charge in [0.1, 0.15) is 0 Å². The number of anilines is 2. The molecule has 0 saturated carbocycles. The molecule has 112 valence electrons. The van der Waals surface area contributed by atoms with Crippen LogP contribution in [0.4, 0.5) is 11.4 Å². The van der Waals surface area contributed by atoms with Gasteiger partial charge in [-0.2, -0.15) is 0 Å². The molecule has 2 aromatic carbocycles. The van der Waals surface area contributed by atoms with Gasteiger partial charge in [0, 0.05) is 0 Å². The summed E-state index contributed by atoms with van der Waals surface area (Å²) >= 11 is 5.98. The summed E-state index contributed by atoms with van der Waals surface area (Å²) in [5.74, 6) is -0.172. The predicted octanol–water partition coefficient (Wildman–Crippen LogP) is 3.47. The number of hydrogen-bond acceptors (Lipinski definition) is 3. The zero-order valence-corrected chi connectivity index (χ0v) is 13.2. The Hall–Kier alpha value is -1.72. The van der Waals surface area contributed by atoms with Crippen molar-refractivity contribution in [2.24, 2.45) is 0 Å². The second-order valence-corrected chi connectivity index (χ2v) is 7.07. The van der Waals surface area contributed by atoms with Crippen molar-refractivity contribution in [2.75, 3.05) is 16.2 Å². The van der Waals surface area contributed by atoms with E-state index in [1.807, 2.05) is 37.3 Å². The van der Waals surface area contributed by atoms with E-state index in [4.69, 9.17) is 17.3 Å². The Bertz CT molecular complexity index is 697. The van der Waals surface area contributed by atoms with Crippen LogP contribution in [-0.2, 0) is 10.0 Å². The predicted molar refractivity (Wildman–Crippen MR) is 88.1 cm³/mol. The summed E-state index contributed by atoms with van der Waals surface area (Å²) < 4.78 is 27.0. The SMILES string of the molecule is CC(CS(=O)(=O)Nc1c(N)cccc1Cl)c1ccccc1.